The maximum absolute atomic E-state index is 13.6. The largest absolute Gasteiger partial charge is 0.434 e. The van der Waals surface area contributed by atoms with Crippen molar-refractivity contribution in [3.05, 3.63) is 42.0 Å². The molecule has 3 aromatic rings. The van der Waals surface area contributed by atoms with E-state index < -0.39 is 17.8 Å². The predicted octanol–water partition coefficient (Wildman–Crippen LogP) is 1.82. The molecule has 3 aromatic heterocycles. The quantitative estimate of drug-likeness (QED) is 0.577. The normalized spacial score (nSPS) is 14.4. The highest BCUT2D eigenvalue weighted by molar-refractivity contribution is 5.61. The molecule has 0 aliphatic carbocycles. The molecule has 32 heavy (non-hydrogen) atoms. The van der Waals surface area contributed by atoms with E-state index in [0.29, 0.717) is 39.3 Å². The van der Waals surface area contributed by atoms with E-state index in [-0.39, 0.29) is 23.3 Å². The second-order valence-corrected chi connectivity index (χ2v) is 6.87. The summed E-state index contributed by atoms with van der Waals surface area (Å²) in [5.41, 5.74) is 4.66. The first-order chi connectivity index (χ1) is 15.4. The lowest BCUT2D eigenvalue weighted by atomic mass is 10.2. The number of alkyl halides is 3. The highest BCUT2D eigenvalue weighted by atomic mass is 19.4. The Morgan fingerprint density at radius 3 is 2.59 bits per heavy atom. The van der Waals surface area contributed by atoms with E-state index >= 15 is 0 Å². The Kier molecular flexibility index (Phi) is 6.25. The number of rotatable bonds is 6. The molecule has 0 radical (unpaired) electrons. The van der Waals surface area contributed by atoms with Gasteiger partial charge in [-0.2, -0.15) is 28.1 Å². The fourth-order valence-electron chi connectivity index (χ4n) is 3.09. The molecule has 0 spiro atoms. The molecule has 4 heterocycles. The van der Waals surface area contributed by atoms with E-state index in [0.717, 1.165) is 11.9 Å². The van der Waals surface area contributed by atoms with Crippen LogP contribution in [-0.4, -0.2) is 62.8 Å². The third-order valence-corrected chi connectivity index (χ3v) is 4.62. The third kappa shape index (κ3) is 5.17. The van der Waals surface area contributed by atoms with Crippen molar-refractivity contribution in [2.45, 2.75) is 12.6 Å². The summed E-state index contributed by atoms with van der Waals surface area (Å²) in [5, 5.41) is 3.05. The summed E-state index contributed by atoms with van der Waals surface area (Å²) in [6, 6.07) is 5.57. The fourth-order valence-corrected chi connectivity index (χ4v) is 3.09. The van der Waals surface area contributed by atoms with E-state index in [1.807, 2.05) is 23.1 Å². The Morgan fingerprint density at radius 1 is 1.06 bits per heavy atom. The number of nitrogens with zero attached hydrogens (tertiary/aromatic N) is 7. The van der Waals surface area contributed by atoms with Crippen molar-refractivity contribution in [3.63, 3.8) is 0 Å². The minimum absolute atomic E-state index is 0.136. The molecule has 3 N–H and O–H groups in total. The van der Waals surface area contributed by atoms with Crippen molar-refractivity contribution in [1.29, 1.82) is 0 Å². The van der Waals surface area contributed by atoms with E-state index in [1.54, 1.807) is 6.20 Å². The smallest absolute Gasteiger partial charge is 0.378 e. The van der Waals surface area contributed by atoms with Crippen LogP contribution in [0.3, 0.4) is 0 Å². The van der Waals surface area contributed by atoms with Gasteiger partial charge in [-0.25, -0.2) is 9.97 Å². The van der Waals surface area contributed by atoms with Crippen molar-refractivity contribution in [2.75, 3.05) is 48.8 Å². The number of ether oxygens (including phenoxy) is 1. The lowest BCUT2D eigenvalue weighted by Gasteiger charge is -2.27. The van der Waals surface area contributed by atoms with Crippen LogP contribution in [0.5, 0.6) is 0 Å². The van der Waals surface area contributed by atoms with Gasteiger partial charge in [0.05, 0.1) is 18.8 Å². The van der Waals surface area contributed by atoms with Gasteiger partial charge in [0.1, 0.15) is 0 Å². The summed E-state index contributed by atoms with van der Waals surface area (Å²) in [5.74, 6) is -0.313. The molecule has 10 nitrogen and oxygen atoms in total. The van der Waals surface area contributed by atoms with Crippen LogP contribution < -0.4 is 16.0 Å². The number of halogens is 3. The molecule has 1 aliphatic heterocycles. The molecule has 0 amide bonds. The maximum atomic E-state index is 13.6. The van der Waals surface area contributed by atoms with Gasteiger partial charge in [-0.15, -0.1) is 0 Å². The monoisotopic (exact) mass is 447 g/mol. The summed E-state index contributed by atoms with van der Waals surface area (Å²) in [6.45, 7) is 2.35. The van der Waals surface area contributed by atoms with Crippen LogP contribution in [0.25, 0.3) is 11.4 Å². The molecule has 168 valence electrons. The van der Waals surface area contributed by atoms with Crippen molar-refractivity contribution >= 4 is 17.8 Å². The Morgan fingerprint density at radius 2 is 1.88 bits per heavy atom. The zero-order valence-corrected chi connectivity index (χ0v) is 16.9. The zero-order valence-electron chi connectivity index (χ0n) is 16.9. The lowest BCUT2D eigenvalue weighted by molar-refractivity contribution is -0.140. The van der Waals surface area contributed by atoms with E-state index in [9.17, 15) is 13.2 Å². The highest BCUT2D eigenvalue weighted by Crippen LogP contribution is 2.35. The van der Waals surface area contributed by atoms with E-state index in [4.69, 9.17) is 10.5 Å². The Bertz CT molecular complexity index is 1060. The number of pyridine rings is 1. The van der Waals surface area contributed by atoms with Crippen LogP contribution in [0.15, 0.2) is 30.6 Å². The van der Waals surface area contributed by atoms with Gasteiger partial charge < -0.3 is 20.7 Å². The number of aromatic nitrogens is 6. The number of nitrogens with one attached hydrogen (secondary N) is 1. The fraction of sp³-hybridized carbons (Fsp3) is 0.368. The van der Waals surface area contributed by atoms with Gasteiger partial charge in [0.15, 0.2) is 11.5 Å². The molecule has 13 heteroatoms. The maximum Gasteiger partial charge on any atom is 0.434 e. The lowest BCUT2D eigenvalue weighted by Crippen LogP contribution is -2.37. The standard InChI is InChI=1S/C19H20F3N9O/c20-19(21,22)14-13(11-26-16(23)27-14)15-28-17(25-6-4-12-3-1-2-5-24-12)30-18(29-15)31-7-9-32-10-8-31/h1-3,5,11H,4,6-10H2,(H2,23,26,27)(H,25,28,29,30). The van der Waals surface area contributed by atoms with Crippen LogP contribution in [-0.2, 0) is 17.3 Å². The number of nitrogens with two attached hydrogens (primary N) is 1. The van der Waals surface area contributed by atoms with Gasteiger partial charge in [0, 0.05) is 44.1 Å². The molecule has 1 fully saturated rings. The number of nitrogen functional groups attached to an aromatic ring is 1. The van der Waals surface area contributed by atoms with Crippen LogP contribution in [0, 0.1) is 0 Å². The molecule has 0 saturated carbocycles. The highest BCUT2D eigenvalue weighted by Gasteiger charge is 2.37. The molecular weight excluding hydrogens is 427 g/mol. The second kappa shape index (κ2) is 9.26. The SMILES string of the molecule is Nc1ncc(-c2nc(NCCc3ccccn3)nc(N3CCOCC3)n2)c(C(F)(F)F)n1. The first kappa shape index (κ1) is 21.6. The molecule has 1 aliphatic rings. The Hall–Kier alpha value is -3.61. The van der Waals surface area contributed by atoms with Crippen molar-refractivity contribution in [3.8, 4) is 11.4 Å². The van der Waals surface area contributed by atoms with Gasteiger partial charge in [0.2, 0.25) is 17.8 Å². The molecule has 4 rings (SSSR count). The van der Waals surface area contributed by atoms with Gasteiger partial charge in [-0.05, 0) is 12.1 Å². The van der Waals surface area contributed by atoms with Gasteiger partial charge in [0.25, 0.3) is 0 Å². The van der Waals surface area contributed by atoms with E-state index in [1.165, 1.54) is 0 Å². The van der Waals surface area contributed by atoms with Gasteiger partial charge >= 0.3 is 6.18 Å². The van der Waals surface area contributed by atoms with E-state index in [2.05, 4.69) is 35.2 Å². The van der Waals surface area contributed by atoms with Gasteiger partial charge in [-0.1, -0.05) is 6.07 Å². The number of anilines is 3. The minimum atomic E-state index is -4.76. The summed E-state index contributed by atoms with van der Waals surface area (Å²) >= 11 is 0. The van der Waals surface area contributed by atoms with Crippen molar-refractivity contribution < 1.29 is 17.9 Å². The minimum Gasteiger partial charge on any atom is -0.378 e. The molecule has 0 atom stereocenters. The van der Waals surface area contributed by atoms with Crippen LogP contribution >= 0.6 is 0 Å². The zero-order chi connectivity index (χ0) is 22.6. The first-order valence-corrected chi connectivity index (χ1v) is 9.83. The van der Waals surface area contributed by atoms with Crippen LogP contribution in [0.4, 0.5) is 31.0 Å². The number of morpholine rings is 1. The summed E-state index contributed by atoms with van der Waals surface area (Å²) in [4.78, 5) is 26.0. The second-order valence-electron chi connectivity index (χ2n) is 6.87. The average molecular weight is 447 g/mol. The summed E-state index contributed by atoms with van der Waals surface area (Å²) in [7, 11) is 0. The van der Waals surface area contributed by atoms with Crippen LogP contribution in [0.1, 0.15) is 11.4 Å². The molecule has 0 bridgehead atoms. The first-order valence-electron chi connectivity index (χ1n) is 9.83. The summed E-state index contributed by atoms with van der Waals surface area (Å²) in [6.07, 6.45) is -1.52. The molecular formula is C19H20F3N9O. The third-order valence-electron chi connectivity index (χ3n) is 4.62. The van der Waals surface area contributed by atoms with Crippen molar-refractivity contribution in [2.24, 2.45) is 0 Å². The Balaban J connectivity index is 1.68. The van der Waals surface area contributed by atoms with Gasteiger partial charge in [-0.3, -0.25) is 4.98 Å². The van der Waals surface area contributed by atoms with Crippen LogP contribution in [0.2, 0.25) is 0 Å². The average Bonchev–Trinajstić information content (AvgIpc) is 2.79. The molecule has 0 unspecified atom stereocenters. The molecule has 0 aromatic carbocycles. The van der Waals surface area contributed by atoms with Crippen molar-refractivity contribution in [1.82, 2.24) is 29.9 Å². The summed E-state index contributed by atoms with van der Waals surface area (Å²) < 4.78 is 46.1. The predicted molar refractivity (Wildman–Crippen MR) is 110 cm³/mol. The number of hydrogen-bond acceptors (Lipinski definition) is 10. The number of hydrogen-bond donors (Lipinski definition) is 2. The molecule has 1 saturated heterocycles. The Labute approximate surface area is 181 Å². The topological polar surface area (TPSA) is 128 Å².